The van der Waals surface area contributed by atoms with Gasteiger partial charge in [-0.25, -0.2) is 15.0 Å². The zero-order valence-electron chi connectivity index (χ0n) is 22.3. The van der Waals surface area contributed by atoms with E-state index >= 15 is 0 Å². The molecule has 1 aromatic carbocycles. The average molecular weight is 519 g/mol. The highest BCUT2D eigenvalue weighted by atomic mass is 16.1. The molecule has 9 heteroatoms. The summed E-state index contributed by atoms with van der Waals surface area (Å²) in [6, 6.07) is 10.7. The van der Waals surface area contributed by atoms with Crippen LogP contribution in [0.25, 0.3) is 28.1 Å². The van der Waals surface area contributed by atoms with Crippen LogP contribution in [-0.2, 0) is 13.5 Å². The molecule has 39 heavy (non-hydrogen) atoms. The maximum Gasteiger partial charge on any atom is 0.254 e. The summed E-state index contributed by atoms with van der Waals surface area (Å²) in [6.07, 6.45) is 9.92. The van der Waals surface area contributed by atoms with Gasteiger partial charge in [-0.05, 0) is 44.7 Å². The number of nitrogens with zero attached hydrogens (tertiary/aromatic N) is 6. The number of para-hydroxylation sites is 1. The molecule has 1 aliphatic carbocycles. The Hall–Kier alpha value is -4.71. The normalized spacial score (nSPS) is 16.2. The molecule has 0 spiro atoms. The van der Waals surface area contributed by atoms with Crippen LogP contribution in [0.3, 0.4) is 0 Å². The van der Waals surface area contributed by atoms with Crippen LogP contribution < -0.4 is 21.5 Å². The van der Waals surface area contributed by atoms with Crippen molar-refractivity contribution in [1.29, 1.82) is 5.26 Å². The van der Waals surface area contributed by atoms with Crippen LogP contribution in [0.4, 0.5) is 17.5 Å². The standard InChI is InChI=1S/C30H30N8O/c1-17(2)35-28-22(25-11-6-12-38(25)29-23(14-31)27(32)33-16-34-29)13-18-7-4-9-20(26(18)36-28)24-15-37(3)30(39)21-10-5-8-19(21)24/h4-5,7-9,13,15-17,25H,6,10-12H2,1-3H3,(H,35,36)(H2,32,33,34). The summed E-state index contributed by atoms with van der Waals surface area (Å²) in [4.78, 5) is 28.6. The maximum absolute atomic E-state index is 12.7. The number of fused-ring (bicyclic) bond motifs is 2. The molecule has 3 aromatic heterocycles. The Balaban J connectivity index is 1.54. The van der Waals surface area contributed by atoms with Crippen LogP contribution in [-0.4, -0.2) is 32.1 Å². The summed E-state index contributed by atoms with van der Waals surface area (Å²) in [6.45, 7) is 4.95. The molecule has 0 amide bonds. The van der Waals surface area contributed by atoms with Gasteiger partial charge in [0.25, 0.3) is 5.56 Å². The van der Waals surface area contributed by atoms with Crippen molar-refractivity contribution in [3.8, 4) is 17.2 Å². The van der Waals surface area contributed by atoms with E-state index < -0.39 is 0 Å². The van der Waals surface area contributed by atoms with Crippen LogP contribution in [0, 0.1) is 11.3 Å². The first-order valence-electron chi connectivity index (χ1n) is 13.2. The third-order valence-electron chi connectivity index (χ3n) is 7.57. The van der Waals surface area contributed by atoms with Gasteiger partial charge in [-0.15, -0.1) is 0 Å². The van der Waals surface area contributed by atoms with Gasteiger partial charge in [-0.3, -0.25) is 4.79 Å². The van der Waals surface area contributed by atoms with Gasteiger partial charge in [-0.2, -0.15) is 5.26 Å². The lowest BCUT2D eigenvalue weighted by Gasteiger charge is -2.29. The summed E-state index contributed by atoms with van der Waals surface area (Å²) in [5.74, 6) is 1.55. The Morgan fingerprint density at radius 1 is 1.23 bits per heavy atom. The fraction of sp³-hybridized carbons (Fsp3) is 0.300. The molecule has 196 valence electrons. The SMILES string of the molecule is CC(C)Nc1nc2c(-c3cn(C)c(=O)c4c3C=CC4)cccc2cc1C1CCCN1c1ncnc(N)c1C#N. The van der Waals surface area contributed by atoms with E-state index in [0.29, 0.717) is 17.8 Å². The number of nitrogens with one attached hydrogen (secondary N) is 1. The largest absolute Gasteiger partial charge is 0.382 e. The van der Waals surface area contributed by atoms with Crippen molar-refractivity contribution in [2.45, 2.75) is 45.2 Å². The number of anilines is 3. The Morgan fingerprint density at radius 2 is 2.08 bits per heavy atom. The van der Waals surface area contributed by atoms with E-state index in [1.165, 1.54) is 6.33 Å². The summed E-state index contributed by atoms with van der Waals surface area (Å²) in [5.41, 5.74) is 12.1. The second-order valence-corrected chi connectivity index (χ2v) is 10.5. The summed E-state index contributed by atoms with van der Waals surface area (Å²) in [5, 5.41) is 14.4. The van der Waals surface area contributed by atoms with Crippen LogP contribution in [0.2, 0.25) is 0 Å². The Bertz CT molecular complexity index is 1750. The van der Waals surface area contributed by atoms with Crippen LogP contribution in [0.5, 0.6) is 0 Å². The molecule has 0 bridgehead atoms. The highest BCUT2D eigenvalue weighted by Crippen LogP contribution is 2.42. The number of hydrogen-bond acceptors (Lipinski definition) is 8. The fourth-order valence-electron chi connectivity index (χ4n) is 5.84. The van der Waals surface area contributed by atoms with Gasteiger partial charge in [0.05, 0.1) is 11.6 Å². The Kier molecular flexibility index (Phi) is 6.03. The minimum atomic E-state index is -0.0297. The summed E-state index contributed by atoms with van der Waals surface area (Å²) >= 11 is 0. The predicted molar refractivity (Wildman–Crippen MR) is 154 cm³/mol. The highest BCUT2D eigenvalue weighted by molar-refractivity contribution is 5.97. The second-order valence-electron chi connectivity index (χ2n) is 10.5. The van der Waals surface area contributed by atoms with Crippen molar-refractivity contribution in [2.24, 2.45) is 7.05 Å². The van der Waals surface area contributed by atoms with Gasteiger partial charge in [0.2, 0.25) is 0 Å². The first-order valence-corrected chi connectivity index (χ1v) is 13.2. The number of rotatable bonds is 5. The highest BCUT2D eigenvalue weighted by Gasteiger charge is 2.32. The van der Waals surface area contributed by atoms with E-state index in [2.05, 4.69) is 58.3 Å². The molecular formula is C30H30N8O. The lowest BCUT2D eigenvalue weighted by atomic mass is 9.95. The van der Waals surface area contributed by atoms with Crippen molar-refractivity contribution in [3.05, 3.63) is 75.5 Å². The van der Waals surface area contributed by atoms with Gasteiger partial charge in [-0.1, -0.05) is 30.4 Å². The monoisotopic (exact) mass is 518 g/mol. The van der Waals surface area contributed by atoms with E-state index in [-0.39, 0.29) is 23.5 Å². The molecule has 0 radical (unpaired) electrons. The molecule has 3 N–H and O–H groups in total. The topological polar surface area (TPSA) is 126 Å². The van der Waals surface area contributed by atoms with E-state index in [1.54, 1.807) is 11.6 Å². The van der Waals surface area contributed by atoms with Gasteiger partial charge < -0.3 is 20.5 Å². The molecule has 4 aromatic rings. The number of nitrogens with two attached hydrogens (primary N) is 1. The van der Waals surface area contributed by atoms with Crippen molar-refractivity contribution in [1.82, 2.24) is 19.5 Å². The average Bonchev–Trinajstić information content (AvgIpc) is 3.60. The number of aryl methyl sites for hydroxylation is 1. The van der Waals surface area contributed by atoms with E-state index in [0.717, 1.165) is 63.9 Å². The number of allylic oxidation sites excluding steroid dienone is 1. The molecule has 1 aliphatic heterocycles. The van der Waals surface area contributed by atoms with E-state index in [1.807, 2.05) is 24.4 Å². The first kappa shape index (κ1) is 24.6. The molecule has 4 heterocycles. The maximum atomic E-state index is 12.7. The van der Waals surface area contributed by atoms with Crippen LogP contribution >= 0.6 is 0 Å². The third-order valence-corrected chi connectivity index (χ3v) is 7.57. The Labute approximate surface area is 226 Å². The van der Waals surface area contributed by atoms with Gasteiger partial charge in [0.15, 0.2) is 5.82 Å². The van der Waals surface area contributed by atoms with Gasteiger partial charge in [0.1, 0.15) is 29.6 Å². The number of aromatic nitrogens is 4. The first-order chi connectivity index (χ1) is 18.9. The zero-order chi connectivity index (χ0) is 27.3. The third kappa shape index (κ3) is 4.09. The number of hydrogen-bond donors (Lipinski definition) is 2. The fourth-order valence-corrected chi connectivity index (χ4v) is 5.84. The van der Waals surface area contributed by atoms with Crippen LogP contribution in [0.15, 0.2) is 47.7 Å². The summed E-state index contributed by atoms with van der Waals surface area (Å²) < 4.78 is 1.66. The minimum absolute atomic E-state index is 0.0297. The molecule has 1 fully saturated rings. The Morgan fingerprint density at radius 3 is 2.87 bits per heavy atom. The summed E-state index contributed by atoms with van der Waals surface area (Å²) in [7, 11) is 1.80. The van der Waals surface area contributed by atoms with E-state index in [4.69, 9.17) is 10.7 Å². The number of nitrogen functional groups attached to an aromatic ring is 1. The predicted octanol–water partition coefficient (Wildman–Crippen LogP) is 4.58. The lowest BCUT2D eigenvalue weighted by molar-refractivity contribution is 0.706. The van der Waals surface area contributed by atoms with Crippen molar-refractivity contribution in [2.75, 3.05) is 22.5 Å². The molecule has 0 saturated carbocycles. The number of pyridine rings is 2. The minimum Gasteiger partial charge on any atom is -0.382 e. The molecular weight excluding hydrogens is 488 g/mol. The van der Waals surface area contributed by atoms with Gasteiger partial charge >= 0.3 is 0 Å². The zero-order valence-corrected chi connectivity index (χ0v) is 22.3. The van der Waals surface area contributed by atoms with Crippen molar-refractivity contribution >= 4 is 34.4 Å². The number of nitriles is 1. The molecule has 2 aliphatic rings. The van der Waals surface area contributed by atoms with Gasteiger partial charge in [0, 0.05) is 53.5 Å². The second kappa shape index (κ2) is 9.55. The smallest absolute Gasteiger partial charge is 0.254 e. The van der Waals surface area contributed by atoms with E-state index in [9.17, 15) is 10.1 Å². The molecule has 1 unspecified atom stereocenters. The molecule has 1 atom stereocenters. The number of benzene rings is 1. The molecule has 6 rings (SSSR count). The quantitative estimate of drug-likeness (QED) is 0.393. The van der Waals surface area contributed by atoms with Crippen LogP contribution in [0.1, 0.15) is 55.0 Å². The molecule has 9 nitrogen and oxygen atoms in total. The lowest BCUT2D eigenvalue weighted by Crippen LogP contribution is -2.26. The van der Waals surface area contributed by atoms with Crippen molar-refractivity contribution in [3.63, 3.8) is 0 Å². The molecule has 1 saturated heterocycles. The van der Waals surface area contributed by atoms with Crippen molar-refractivity contribution < 1.29 is 0 Å².